The van der Waals surface area contributed by atoms with Crippen LogP contribution in [0.25, 0.3) is 0 Å². The fourth-order valence-corrected chi connectivity index (χ4v) is 2.80. The fraction of sp³-hybridized carbons (Fsp3) is 0.294. The minimum atomic E-state index is -0.238. The van der Waals surface area contributed by atoms with E-state index in [0.717, 1.165) is 23.3 Å². The Morgan fingerprint density at radius 2 is 1.91 bits per heavy atom. The van der Waals surface area contributed by atoms with Crippen molar-refractivity contribution in [2.24, 2.45) is 0 Å². The van der Waals surface area contributed by atoms with Crippen molar-refractivity contribution >= 4 is 29.0 Å². The first-order valence-corrected chi connectivity index (χ1v) is 8.52. The van der Waals surface area contributed by atoms with Gasteiger partial charge in [0.2, 0.25) is 5.91 Å². The van der Waals surface area contributed by atoms with Gasteiger partial charge in [-0.05, 0) is 42.0 Å². The van der Waals surface area contributed by atoms with Gasteiger partial charge in [0.1, 0.15) is 0 Å². The van der Waals surface area contributed by atoms with Crippen LogP contribution in [0.5, 0.6) is 0 Å². The zero-order valence-corrected chi connectivity index (χ0v) is 13.5. The van der Waals surface area contributed by atoms with Crippen molar-refractivity contribution in [3.63, 3.8) is 0 Å². The molecular formula is C17H19N3O2S. The second-order valence-electron chi connectivity index (χ2n) is 5.60. The summed E-state index contributed by atoms with van der Waals surface area (Å²) in [6.45, 7) is 0.517. The molecule has 1 heterocycles. The molecule has 1 saturated carbocycles. The number of carbonyl (C=O) groups is 2. The summed E-state index contributed by atoms with van der Waals surface area (Å²) in [6.07, 6.45) is 2.56. The quantitative estimate of drug-likeness (QED) is 0.762. The maximum atomic E-state index is 11.8. The Morgan fingerprint density at radius 1 is 1.13 bits per heavy atom. The summed E-state index contributed by atoms with van der Waals surface area (Å²) in [5, 5.41) is 10.5. The van der Waals surface area contributed by atoms with E-state index in [4.69, 9.17) is 0 Å². The van der Waals surface area contributed by atoms with Crippen LogP contribution in [0.3, 0.4) is 0 Å². The molecule has 0 bridgehead atoms. The molecule has 6 heteroatoms. The first-order chi connectivity index (χ1) is 11.2. The smallest absolute Gasteiger partial charge is 0.319 e. The van der Waals surface area contributed by atoms with Gasteiger partial charge in [0.05, 0.1) is 13.0 Å². The molecule has 1 aliphatic rings. The number of nitrogens with one attached hydrogen (secondary N) is 3. The number of hydrogen-bond donors (Lipinski definition) is 3. The highest BCUT2D eigenvalue weighted by molar-refractivity contribution is 7.09. The summed E-state index contributed by atoms with van der Waals surface area (Å²) in [7, 11) is 0. The summed E-state index contributed by atoms with van der Waals surface area (Å²) in [5.41, 5.74) is 1.65. The van der Waals surface area contributed by atoms with Gasteiger partial charge in [-0.15, -0.1) is 11.3 Å². The van der Waals surface area contributed by atoms with Crippen molar-refractivity contribution in [1.82, 2.24) is 10.6 Å². The van der Waals surface area contributed by atoms with E-state index in [2.05, 4.69) is 16.0 Å². The first-order valence-electron chi connectivity index (χ1n) is 7.64. The van der Waals surface area contributed by atoms with Gasteiger partial charge in [0, 0.05) is 16.6 Å². The molecule has 3 rings (SSSR count). The Morgan fingerprint density at radius 3 is 2.57 bits per heavy atom. The molecule has 0 radical (unpaired) electrons. The van der Waals surface area contributed by atoms with Gasteiger partial charge in [-0.1, -0.05) is 18.2 Å². The van der Waals surface area contributed by atoms with Crippen LogP contribution in [0, 0.1) is 0 Å². The zero-order chi connectivity index (χ0) is 16.1. The Bertz CT molecular complexity index is 664. The molecule has 0 spiro atoms. The summed E-state index contributed by atoms with van der Waals surface area (Å²) in [6, 6.07) is 11.4. The lowest BCUT2D eigenvalue weighted by molar-refractivity contribution is -0.120. The second-order valence-corrected chi connectivity index (χ2v) is 6.63. The molecule has 3 N–H and O–H groups in total. The first kappa shape index (κ1) is 15.6. The number of anilines is 1. The van der Waals surface area contributed by atoms with Crippen LogP contribution in [0.4, 0.5) is 10.5 Å². The van der Waals surface area contributed by atoms with E-state index in [1.165, 1.54) is 0 Å². The van der Waals surface area contributed by atoms with Crippen molar-refractivity contribution in [1.29, 1.82) is 0 Å². The molecule has 120 valence electrons. The summed E-state index contributed by atoms with van der Waals surface area (Å²) in [4.78, 5) is 24.7. The molecule has 0 aliphatic heterocycles. The molecule has 1 aromatic heterocycles. The minimum absolute atomic E-state index is 0.0573. The van der Waals surface area contributed by atoms with Crippen LogP contribution < -0.4 is 16.0 Å². The SMILES string of the molecule is O=C(Cc1ccc(NC(=O)NCc2cccs2)cc1)NC1CC1. The predicted molar refractivity (Wildman–Crippen MR) is 91.5 cm³/mol. The van der Waals surface area contributed by atoms with Gasteiger partial charge in [0.25, 0.3) is 0 Å². The second kappa shape index (κ2) is 7.28. The Hall–Kier alpha value is -2.34. The Kier molecular flexibility index (Phi) is 4.92. The largest absolute Gasteiger partial charge is 0.353 e. The van der Waals surface area contributed by atoms with E-state index < -0.39 is 0 Å². The van der Waals surface area contributed by atoms with Crippen molar-refractivity contribution in [2.45, 2.75) is 31.8 Å². The fourth-order valence-electron chi connectivity index (χ4n) is 2.15. The van der Waals surface area contributed by atoms with Crippen LogP contribution in [0.15, 0.2) is 41.8 Å². The number of benzene rings is 1. The third-order valence-corrected chi connectivity index (χ3v) is 4.40. The van der Waals surface area contributed by atoms with Crippen LogP contribution in [-0.4, -0.2) is 18.0 Å². The van der Waals surface area contributed by atoms with E-state index in [1.54, 1.807) is 11.3 Å². The average molecular weight is 329 g/mol. The molecular weight excluding hydrogens is 310 g/mol. The molecule has 5 nitrogen and oxygen atoms in total. The standard InChI is InChI=1S/C17H19N3O2S/c21-16(19-13-7-8-13)10-12-3-5-14(6-4-12)20-17(22)18-11-15-2-1-9-23-15/h1-6,9,13H,7-8,10-11H2,(H,19,21)(H2,18,20,22). The lowest BCUT2D eigenvalue weighted by Gasteiger charge is -2.08. The Labute approximate surface area is 139 Å². The molecule has 2 aromatic rings. The topological polar surface area (TPSA) is 70.2 Å². The number of hydrogen-bond acceptors (Lipinski definition) is 3. The maximum absolute atomic E-state index is 11.8. The number of carbonyl (C=O) groups excluding carboxylic acids is 2. The summed E-state index contributed by atoms with van der Waals surface area (Å²) >= 11 is 1.61. The number of urea groups is 1. The molecule has 1 aromatic carbocycles. The minimum Gasteiger partial charge on any atom is -0.353 e. The van der Waals surface area contributed by atoms with Crippen molar-refractivity contribution < 1.29 is 9.59 Å². The third-order valence-electron chi connectivity index (χ3n) is 3.52. The maximum Gasteiger partial charge on any atom is 0.319 e. The van der Waals surface area contributed by atoms with Crippen LogP contribution in [-0.2, 0) is 17.8 Å². The molecule has 0 atom stereocenters. The van der Waals surface area contributed by atoms with Gasteiger partial charge >= 0.3 is 6.03 Å². The van der Waals surface area contributed by atoms with Gasteiger partial charge in [-0.3, -0.25) is 4.79 Å². The van der Waals surface area contributed by atoms with E-state index in [1.807, 2.05) is 41.8 Å². The lowest BCUT2D eigenvalue weighted by atomic mass is 10.1. The van der Waals surface area contributed by atoms with Gasteiger partial charge in [-0.25, -0.2) is 4.79 Å². The summed E-state index contributed by atoms with van der Waals surface area (Å²) in [5.74, 6) is 0.0573. The highest BCUT2D eigenvalue weighted by Gasteiger charge is 2.22. The van der Waals surface area contributed by atoms with Crippen molar-refractivity contribution in [3.05, 3.63) is 52.2 Å². The van der Waals surface area contributed by atoms with Crippen LogP contribution in [0.1, 0.15) is 23.3 Å². The third kappa shape index (κ3) is 5.10. The van der Waals surface area contributed by atoms with Gasteiger partial charge in [-0.2, -0.15) is 0 Å². The number of thiophene rings is 1. The van der Waals surface area contributed by atoms with Crippen molar-refractivity contribution in [3.8, 4) is 0 Å². The molecule has 0 saturated heterocycles. The zero-order valence-electron chi connectivity index (χ0n) is 12.7. The number of amides is 3. The molecule has 23 heavy (non-hydrogen) atoms. The molecule has 1 aliphatic carbocycles. The average Bonchev–Trinajstić information content (AvgIpc) is 3.18. The van der Waals surface area contributed by atoms with E-state index in [9.17, 15) is 9.59 Å². The monoisotopic (exact) mass is 329 g/mol. The normalized spacial score (nSPS) is 13.4. The highest BCUT2D eigenvalue weighted by Crippen LogP contribution is 2.19. The lowest BCUT2D eigenvalue weighted by Crippen LogP contribution is -2.28. The summed E-state index contributed by atoms with van der Waals surface area (Å²) < 4.78 is 0. The van der Waals surface area contributed by atoms with Crippen molar-refractivity contribution in [2.75, 3.05) is 5.32 Å². The molecule has 1 fully saturated rings. The van der Waals surface area contributed by atoms with Gasteiger partial charge < -0.3 is 16.0 Å². The molecule has 0 unspecified atom stereocenters. The van der Waals surface area contributed by atoms with E-state index >= 15 is 0 Å². The Balaban J connectivity index is 1.44. The predicted octanol–water partition coefficient (Wildman–Crippen LogP) is 2.89. The van der Waals surface area contributed by atoms with E-state index in [-0.39, 0.29) is 11.9 Å². The number of rotatable bonds is 6. The highest BCUT2D eigenvalue weighted by atomic mass is 32.1. The van der Waals surface area contributed by atoms with E-state index in [0.29, 0.717) is 24.7 Å². The van der Waals surface area contributed by atoms with Crippen LogP contribution in [0.2, 0.25) is 0 Å². The molecule has 3 amide bonds. The van der Waals surface area contributed by atoms with Gasteiger partial charge in [0.15, 0.2) is 0 Å². The van der Waals surface area contributed by atoms with Crippen LogP contribution >= 0.6 is 11.3 Å².